The van der Waals surface area contributed by atoms with Gasteiger partial charge in [0.25, 0.3) is 0 Å². The van der Waals surface area contributed by atoms with E-state index in [-0.39, 0.29) is 17.5 Å². The van der Waals surface area contributed by atoms with Gasteiger partial charge in [-0.25, -0.2) is 21.1 Å². The van der Waals surface area contributed by atoms with E-state index in [9.17, 15) is 21.6 Å². The number of rotatable bonds is 9. The summed E-state index contributed by atoms with van der Waals surface area (Å²) in [6, 6.07) is 6.63. The van der Waals surface area contributed by atoms with Crippen molar-refractivity contribution in [3.63, 3.8) is 0 Å². The average molecular weight is 450 g/mol. The van der Waals surface area contributed by atoms with Crippen LogP contribution in [0, 0.1) is 0 Å². The van der Waals surface area contributed by atoms with Crippen LogP contribution in [-0.4, -0.2) is 70.5 Å². The number of thioether (sulfide) groups is 1. The molecule has 2 unspecified atom stereocenters. The van der Waals surface area contributed by atoms with Crippen LogP contribution in [-0.2, 0) is 24.8 Å². The topological polar surface area (TPSA) is 113 Å². The molecule has 0 saturated carbocycles. The van der Waals surface area contributed by atoms with Gasteiger partial charge in [-0.05, 0) is 43.4 Å². The van der Waals surface area contributed by atoms with Crippen molar-refractivity contribution >= 4 is 37.7 Å². The van der Waals surface area contributed by atoms with Crippen molar-refractivity contribution in [3.05, 3.63) is 30.3 Å². The lowest BCUT2D eigenvalue weighted by Gasteiger charge is -2.32. The van der Waals surface area contributed by atoms with E-state index >= 15 is 0 Å². The van der Waals surface area contributed by atoms with E-state index in [0.717, 1.165) is 6.26 Å². The van der Waals surface area contributed by atoms with Crippen molar-refractivity contribution in [1.82, 2.24) is 14.3 Å². The van der Waals surface area contributed by atoms with Gasteiger partial charge >= 0.3 is 0 Å². The molecule has 8 nitrogen and oxygen atoms in total. The number of nitrogens with one attached hydrogen (secondary N) is 2. The molecule has 0 radical (unpaired) electrons. The zero-order chi connectivity index (χ0) is 20.8. The summed E-state index contributed by atoms with van der Waals surface area (Å²) in [5.74, 6) is 0.170. The molecule has 1 aromatic carbocycles. The molecule has 0 aliphatic carbocycles. The largest absolute Gasteiger partial charge is 0.351 e. The van der Waals surface area contributed by atoms with Crippen LogP contribution in [0.3, 0.4) is 0 Å². The standard InChI is InChI=1S/C17H27N3O5S3/c1-26-12-10-16(19-28(24,25)15-8-4-3-5-9-15)17(21)18-14-7-6-11-20(13-14)27(2,22)23/h3-5,8-9,14,16,19H,6-7,10-13H2,1-2H3,(H,18,21). The summed E-state index contributed by atoms with van der Waals surface area (Å²) in [6.45, 7) is 0.632. The van der Waals surface area contributed by atoms with E-state index in [0.29, 0.717) is 31.6 Å². The summed E-state index contributed by atoms with van der Waals surface area (Å²) in [7, 11) is -7.16. The van der Waals surface area contributed by atoms with E-state index in [1.54, 1.807) is 18.2 Å². The van der Waals surface area contributed by atoms with Crippen LogP contribution >= 0.6 is 11.8 Å². The molecule has 2 rings (SSSR count). The predicted octanol–water partition coefficient (Wildman–Crippen LogP) is 0.627. The van der Waals surface area contributed by atoms with Gasteiger partial charge in [-0.1, -0.05) is 18.2 Å². The fraction of sp³-hybridized carbons (Fsp3) is 0.588. The Kier molecular flexibility index (Phi) is 8.31. The van der Waals surface area contributed by atoms with Gasteiger partial charge in [0.1, 0.15) is 6.04 Å². The monoisotopic (exact) mass is 449 g/mol. The van der Waals surface area contributed by atoms with E-state index in [4.69, 9.17) is 0 Å². The zero-order valence-corrected chi connectivity index (χ0v) is 18.4. The Morgan fingerprint density at radius 1 is 1.25 bits per heavy atom. The van der Waals surface area contributed by atoms with Crippen molar-refractivity contribution in [3.8, 4) is 0 Å². The molecule has 11 heteroatoms. The molecule has 0 bridgehead atoms. The minimum atomic E-state index is -3.84. The maximum atomic E-state index is 12.8. The normalized spacial score (nSPS) is 19.9. The quantitative estimate of drug-likeness (QED) is 0.572. The molecule has 2 N–H and O–H groups in total. The summed E-state index contributed by atoms with van der Waals surface area (Å²) in [5.41, 5.74) is 0. The molecule has 1 aliphatic rings. The van der Waals surface area contributed by atoms with Crippen LogP contribution in [0.2, 0.25) is 0 Å². The first kappa shape index (κ1) is 23.1. The van der Waals surface area contributed by atoms with Gasteiger partial charge in [0.05, 0.1) is 11.2 Å². The van der Waals surface area contributed by atoms with Crippen molar-refractivity contribution in [1.29, 1.82) is 0 Å². The maximum absolute atomic E-state index is 12.8. The van der Waals surface area contributed by atoms with E-state index in [1.165, 1.54) is 28.2 Å². The zero-order valence-electron chi connectivity index (χ0n) is 16.0. The van der Waals surface area contributed by atoms with Gasteiger partial charge in [0.15, 0.2) is 0 Å². The van der Waals surface area contributed by atoms with Crippen LogP contribution in [0.15, 0.2) is 35.2 Å². The summed E-state index contributed by atoms with van der Waals surface area (Å²) in [6.07, 6.45) is 4.65. The lowest BCUT2D eigenvalue weighted by Crippen LogP contribution is -2.54. The SMILES string of the molecule is CSCCC(NS(=O)(=O)c1ccccc1)C(=O)NC1CCCN(S(C)(=O)=O)C1. The number of carbonyl (C=O) groups excluding carboxylic acids is 1. The molecule has 28 heavy (non-hydrogen) atoms. The number of sulfonamides is 2. The minimum absolute atomic E-state index is 0.0952. The number of piperidine rings is 1. The van der Waals surface area contributed by atoms with Crippen molar-refractivity contribution < 1.29 is 21.6 Å². The lowest BCUT2D eigenvalue weighted by molar-refractivity contribution is -0.123. The van der Waals surface area contributed by atoms with Gasteiger partial charge in [-0.15, -0.1) is 0 Å². The molecule has 1 fully saturated rings. The second kappa shape index (κ2) is 10.1. The third-order valence-corrected chi connectivity index (χ3v) is 7.88. The lowest BCUT2D eigenvalue weighted by atomic mass is 10.1. The molecular weight excluding hydrogens is 422 g/mol. The number of hydrogen-bond donors (Lipinski definition) is 2. The van der Waals surface area contributed by atoms with Crippen LogP contribution in [0.4, 0.5) is 0 Å². The highest BCUT2D eigenvalue weighted by Gasteiger charge is 2.30. The van der Waals surface area contributed by atoms with Crippen molar-refractivity contribution in [2.45, 2.75) is 36.2 Å². The average Bonchev–Trinajstić information content (AvgIpc) is 2.65. The Balaban J connectivity index is 2.08. The van der Waals surface area contributed by atoms with Crippen molar-refractivity contribution in [2.24, 2.45) is 0 Å². The van der Waals surface area contributed by atoms with Crippen LogP contribution in [0.1, 0.15) is 19.3 Å². The first-order valence-electron chi connectivity index (χ1n) is 8.95. The van der Waals surface area contributed by atoms with Crippen LogP contribution < -0.4 is 10.0 Å². The van der Waals surface area contributed by atoms with Gasteiger partial charge < -0.3 is 5.32 Å². The molecule has 1 saturated heterocycles. The summed E-state index contributed by atoms with van der Waals surface area (Å²) in [4.78, 5) is 12.9. The second-order valence-corrected chi connectivity index (χ2v) is 11.4. The summed E-state index contributed by atoms with van der Waals surface area (Å²) < 4.78 is 52.5. The van der Waals surface area contributed by atoms with Crippen LogP contribution in [0.25, 0.3) is 0 Å². The first-order chi connectivity index (χ1) is 13.1. The predicted molar refractivity (Wildman–Crippen MR) is 111 cm³/mol. The third kappa shape index (κ3) is 6.73. The van der Waals surface area contributed by atoms with E-state index in [2.05, 4.69) is 10.0 Å². The molecule has 1 aromatic rings. The number of carbonyl (C=O) groups is 1. The third-order valence-electron chi connectivity index (χ3n) is 4.48. The van der Waals surface area contributed by atoms with E-state index in [1.807, 2.05) is 6.26 Å². The number of benzene rings is 1. The Labute approximate surface area is 171 Å². The summed E-state index contributed by atoms with van der Waals surface area (Å²) >= 11 is 1.52. The molecule has 158 valence electrons. The van der Waals surface area contributed by atoms with Gasteiger partial charge in [-0.2, -0.15) is 16.5 Å². The molecule has 0 spiro atoms. The number of nitrogens with zero attached hydrogens (tertiary/aromatic N) is 1. The Bertz CT molecular complexity index is 859. The molecular formula is C17H27N3O5S3. The molecule has 2 atom stereocenters. The first-order valence-corrected chi connectivity index (χ1v) is 13.7. The Hall–Kier alpha value is -1.14. The fourth-order valence-corrected chi connectivity index (χ4v) is 5.63. The number of amides is 1. The van der Waals surface area contributed by atoms with Crippen molar-refractivity contribution in [2.75, 3.05) is 31.4 Å². The maximum Gasteiger partial charge on any atom is 0.241 e. The van der Waals surface area contributed by atoms with Gasteiger partial charge in [0, 0.05) is 19.1 Å². The summed E-state index contributed by atoms with van der Waals surface area (Å²) in [5, 5.41) is 2.82. The minimum Gasteiger partial charge on any atom is -0.351 e. The van der Waals surface area contributed by atoms with E-state index < -0.39 is 32.0 Å². The molecule has 0 aromatic heterocycles. The second-order valence-electron chi connectivity index (χ2n) is 6.74. The Morgan fingerprint density at radius 3 is 2.54 bits per heavy atom. The van der Waals surface area contributed by atoms with Gasteiger partial charge in [-0.3, -0.25) is 4.79 Å². The smallest absolute Gasteiger partial charge is 0.241 e. The molecule has 1 heterocycles. The Morgan fingerprint density at radius 2 is 1.93 bits per heavy atom. The highest BCUT2D eigenvalue weighted by atomic mass is 32.2. The molecule has 1 aliphatic heterocycles. The highest BCUT2D eigenvalue weighted by Crippen LogP contribution is 2.15. The van der Waals surface area contributed by atoms with Gasteiger partial charge in [0.2, 0.25) is 26.0 Å². The molecule has 1 amide bonds. The fourth-order valence-electron chi connectivity index (χ4n) is 3.00. The number of hydrogen-bond acceptors (Lipinski definition) is 6. The highest BCUT2D eigenvalue weighted by molar-refractivity contribution is 7.98. The van der Waals surface area contributed by atoms with Crippen LogP contribution in [0.5, 0.6) is 0 Å².